The minimum atomic E-state index is -1.04. The molecular weight excluding hydrogens is 514 g/mol. The van der Waals surface area contributed by atoms with Gasteiger partial charge in [-0.3, -0.25) is 4.79 Å². The van der Waals surface area contributed by atoms with Crippen molar-refractivity contribution in [1.29, 1.82) is 0 Å². The normalized spacial score (nSPS) is 11.0. The average molecular weight is 533 g/mol. The molecule has 0 aliphatic carbocycles. The van der Waals surface area contributed by atoms with Gasteiger partial charge in [-0.2, -0.15) is 0 Å². The molecule has 190 valence electrons. The van der Waals surface area contributed by atoms with E-state index in [0.29, 0.717) is 44.8 Å². The Morgan fingerprint density at radius 1 is 0.868 bits per heavy atom. The number of carboxylic acid groups (broad SMARTS) is 1. The topological polar surface area (TPSA) is 92.4 Å². The number of aromatic nitrogens is 1. The Kier molecular flexibility index (Phi) is 6.89. The third-order valence-corrected chi connectivity index (χ3v) is 6.33. The number of fused-ring (bicyclic) bond motifs is 1. The number of nitrogens with zero attached hydrogens (tertiary/aromatic N) is 1. The van der Waals surface area contributed by atoms with Crippen LogP contribution in [0, 0.1) is 11.6 Å². The monoisotopic (exact) mass is 532 g/mol. The van der Waals surface area contributed by atoms with E-state index in [-0.39, 0.29) is 17.7 Å². The van der Waals surface area contributed by atoms with E-state index in [1.807, 2.05) is 12.1 Å². The Morgan fingerprint density at radius 2 is 1.58 bits per heavy atom. The van der Waals surface area contributed by atoms with Gasteiger partial charge in [-0.15, -0.1) is 0 Å². The van der Waals surface area contributed by atoms with Gasteiger partial charge in [0, 0.05) is 18.0 Å². The van der Waals surface area contributed by atoms with Crippen LogP contribution in [0.4, 0.5) is 8.78 Å². The van der Waals surface area contributed by atoms with Crippen molar-refractivity contribution in [2.45, 2.75) is 13.0 Å². The number of carbonyl (C=O) groups is 2. The first-order valence-corrected chi connectivity index (χ1v) is 11.9. The van der Waals surface area contributed by atoms with Crippen LogP contribution in [0.15, 0.2) is 83.4 Å². The second-order valence-corrected chi connectivity index (χ2v) is 9.08. The maximum atomic E-state index is 14.0. The number of halogens is 3. The van der Waals surface area contributed by atoms with Crippen LogP contribution < -0.4 is 5.32 Å². The van der Waals surface area contributed by atoms with Crippen molar-refractivity contribution in [2.75, 3.05) is 0 Å². The Balaban J connectivity index is 1.53. The van der Waals surface area contributed by atoms with Crippen molar-refractivity contribution in [1.82, 2.24) is 10.5 Å². The summed E-state index contributed by atoms with van der Waals surface area (Å²) in [5, 5.41) is 17.2. The number of carbonyl (C=O) groups excluding carboxylic acids is 1. The van der Waals surface area contributed by atoms with Gasteiger partial charge in [0.1, 0.15) is 0 Å². The quantitative estimate of drug-likeness (QED) is 0.245. The predicted octanol–water partition coefficient (Wildman–Crippen LogP) is 6.65. The standard InChI is InChI=1S/C29H19ClF2N2O4/c30-21-8-3-16(4-9-21)11-25-27-22(28(35)33-15-17-1-5-18(6-2-17)29(36)37)12-20(14-26(27)38-34-25)19-7-10-23(31)24(32)13-19/h1-10,12-14H,11,15H2,(H,33,35)(H,36,37). The number of hydrogen-bond donors (Lipinski definition) is 2. The lowest BCUT2D eigenvalue weighted by Crippen LogP contribution is -2.23. The molecule has 5 rings (SSSR count). The average Bonchev–Trinajstić information content (AvgIpc) is 3.32. The number of aromatic carboxylic acids is 1. The number of nitrogens with one attached hydrogen (secondary N) is 1. The number of carboxylic acids is 1. The zero-order valence-corrected chi connectivity index (χ0v) is 20.4. The van der Waals surface area contributed by atoms with Crippen molar-refractivity contribution in [3.05, 3.63) is 123 Å². The van der Waals surface area contributed by atoms with E-state index in [1.54, 1.807) is 36.4 Å². The molecule has 0 saturated heterocycles. The maximum Gasteiger partial charge on any atom is 0.335 e. The summed E-state index contributed by atoms with van der Waals surface area (Å²) < 4.78 is 33.1. The first-order valence-electron chi connectivity index (χ1n) is 11.5. The molecule has 0 fully saturated rings. The molecule has 4 aromatic carbocycles. The molecule has 0 radical (unpaired) electrons. The van der Waals surface area contributed by atoms with Gasteiger partial charge in [-0.1, -0.05) is 47.1 Å². The molecule has 0 saturated carbocycles. The molecule has 0 bridgehead atoms. The van der Waals surface area contributed by atoms with Crippen molar-refractivity contribution >= 4 is 34.4 Å². The molecule has 2 N–H and O–H groups in total. The summed E-state index contributed by atoms with van der Waals surface area (Å²) >= 11 is 5.99. The van der Waals surface area contributed by atoms with E-state index in [2.05, 4.69) is 10.5 Å². The second-order valence-electron chi connectivity index (χ2n) is 8.64. The highest BCUT2D eigenvalue weighted by Gasteiger charge is 2.21. The molecule has 0 spiro atoms. The van der Waals surface area contributed by atoms with E-state index in [0.717, 1.165) is 17.7 Å². The molecule has 0 unspecified atom stereocenters. The summed E-state index contributed by atoms with van der Waals surface area (Å²) in [5.41, 5.74) is 3.62. The number of amides is 1. The summed E-state index contributed by atoms with van der Waals surface area (Å²) in [7, 11) is 0. The SMILES string of the molecule is O=C(O)c1ccc(CNC(=O)c2cc(-c3ccc(F)c(F)c3)cc3onc(Cc4ccc(Cl)cc4)c23)cc1. The highest BCUT2D eigenvalue weighted by molar-refractivity contribution is 6.30. The fourth-order valence-electron chi connectivity index (χ4n) is 4.12. The maximum absolute atomic E-state index is 14.0. The Hall–Kier alpha value is -4.56. The Bertz CT molecular complexity index is 1670. The van der Waals surface area contributed by atoms with E-state index in [1.165, 1.54) is 18.2 Å². The molecule has 1 aromatic heterocycles. The van der Waals surface area contributed by atoms with Crippen LogP contribution in [-0.2, 0) is 13.0 Å². The molecule has 38 heavy (non-hydrogen) atoms. The van der Waals surface area contributed by atoms with Crippen LogP contribution in [-0.4, -0.2) is 22.1 Å². The fraction of sp³-hybridized carbons (Fsp3) is 0.0690. The summed E-state index contributed by atoms with van der Waals surface area (Å²) in [5.74, 6) is -3.48. The van der Waals surface area contributed by atoms with Gasteiger partial charge in [-0.05, 0) is 70.8 Å². The van der Waals surface area contributed by atoms with E-state index >= 15 is 0 Å². The van der Waals surface area contributed by atoms with Gasteiger partial charge < -0.3 is 14.9 Å². The lowest BCUT2D eigenvalue weighted by Gasteiger charge is -2.10. The molecule has 1 amide bonds. The highest BCUT2D eigenvalue weighted by Crippen LogP contribution is 2.32. The number of hydrogen-bond acceptors (Lipinski definition) is 4. The van der Waals surface area contributed by atoms with E-state index < -0.39 is 23.5 Å². The summed E-state index contributed by atoms with van der Waals surface area (Å²) in [6.45, 7) is 0.132. The molecule has 6 nitrogen and oxygen atoms in total. The molecule has 1 heterocycles. The second kappa shape index (κ2) is 10.4. The highest BCUT2D eigenvalue weighted by atomic mass is 35.5. The van der Waals surface area contributed by atoms with Gasteiger partial charge in [-0.25, -0.2) is 13.6 Å². The van der Waals surface area contributed by atoms with Crippen LogP contribution in [0.3, 0.4) is 0 Å². The van der Waals surface area contributed by atoms with Gasteiger partial charge in [0.2, 0.25) is 0 Å². The Morgan fingerprint density at radius 3 is 2.26 bits per heavy atom. The smallest absolute Gasteiger partial charge is 0.335 e. The van der Waals surface area contributed by atoms with Crippen molar-refractivity contribution in [2.24, 2.45) is 0 Å². The largest absolute Gasteiger partial charge is 0.478 e. The van der Waals surface area contributed by atoms with Crippen LogP contribution in [0.5, 0.6) is 0 Å². The van der Waals surface area contributed by atoms with Crippen molar-refractivity contribution < 1.29 is 28.0 Å². The molecule has 0 aliphatic rings. The third-order valence-electron chi connectivity index (χ3n) is 6.08. The molecular formula is C29H19ClF2N2O4. The van der Waals surface area contributed by atoms with Crippen LogP contribution >= 0.6 is 11.6 Å². The van der Waals surface area contributed by atoms with Crippen molar-refractivity contribution in [3.63, 3.8) is 0 Å². The molecule has 0 aliphatic heterocycles. The Labute approximate surface area is 220 Å². The minimum Gasteiger partial charge on any atom is -0.478 e. The van der Waals surface area contributed by atoms with Crippen LogP contribution in [0.2, 0.25) is 5.02 Å². The van der Waals surface area contributed by atoms with E-state index in [9.17, 15) is 18.4 Å². The lowest BCUT2D eigenvalue weighted by molar-refractivity contribution is 0.0696. The zero-order chi connectivity index (χ0) is 26.8. The zero-order valence-electron chi connectivity index (χ0n) is 19.7. The summed E-state index contributed by atoms with van der Waals surface area (Å²) in [6.07, 6.45) is 0.367. The minimum absolute atomic E-state index is 0.132. The van der Waals surface area contributed by atoms with Gasteiger partial charge >= 0.3 is 5.97 Å². The summed E-state index contributed by atoms with van der Waals surface area (Å²) in [6, 6.07) is 20.0. The van der Waals surface area contributed by atoms with Gasteiger partial charge in [0.05, 0.1) is 22.2 Å². The summed E-state index contributed by atoms with van der Waals surface area (Å²) in [4.78, 5) is 24.5. The molecule has 0 atom stereocenters. The van der Waals surface area contributed by atoms with Gasteiger partial charge in [0.25, 0.3) is 5.91 Å². The lowest BCUT2D eigenvalue weighted by atomic mass is 9.97. The third kappa shape index (κ3) is 5.26. The van der Waals surface area contributed by atoms with Crippen molar-refractivity contribution in [3.8, 4) is 11.1 Å². The number of rotatable bonds is 7. The van der Waals surface area contributed by atoms with Crippen LogP contribution in [0.1, 0.15) is 37.5 Å². The molecule has 5 aromatic rings. The van der Waals surface area contributed by atoms with Crippen LogP contribution in [0.25, 0.3) is 22.1 Å². The first-order chi connectivity index (χ1) is 18.3. The number of benzene rings is 4. The van der Waals surface area contributed by atoms with E-state index in [4.69, 9.17) is 21.2 Å². The fourth-order valence-corrected chi connectivity index (χ4v) is 4.24. The van der Waals surface area contributed by atoms with Gasteiger partial charge in [0.15, 0.2) is 17.2 Å². The first kappa shape index (κ1) is 25.1. The predicted molar refractivity (Wildman–Crippen MR) is 138 cm³/mol. The molecule has 9 heteroatoms.